The van der Waals surface area contributed by atoms with Crippen LogP contribution < -0.4 is 5.32 Å². The molecule has 8 nitrogen and oxygen atoms in total. The molecule has 1 atom stereocenters. The van der Waals surface area contributed by atoms with Gasteiger partial charge in [-0.2, -0.15) is 5.10 Å². The van der Waals surface area contributed by atoms with Gasteiger partial charge in [0.05, 0.1) is 36.3 Å². The molecule has 1 amide bonds. The van der Waals surface area contributed by atoms with Gasteiger partial charge in [0.15, 0.2) is 11.9 Å². The van der Waals surface area contributed by atoms with Crippen molar-refractivity contribution in [3.05, 3.63) is 29.7 Å². The second-order valence-corrected chi connectivity index (χ2v) is 8.00. The fourth-order valence-corrected chi connectivity index (χ4v) is 2.13. The third-order valence-electron chi connectivity index (χ3n) is 3.23. The first-order chi connectivity index (χ1) is 12.0. The van der Waals surface area contributed by atoms with E-state index in [1.165, 1.54) is 6.20 Å². The van der Waals surface area contributed by atoms with Gasteiger partial charge in [-0.3, -0.25) is 4.79 Å². The molecule has 0 bridgehead atoms. The van der Waals surface area contributed by atoms with E-state index in [4.69, 9.17) is 9.47 Å². The lowest BCUT2D eigenvalue weighted by molar-refractivity contribution is -0.0179. The molecule has 0 unspecified atom stereocenters. The summed E-state index contributed by atoms with van der Waals surface area (Å²) in [4.78, 5) is 27.6. The van der Waals surface area contributed by atoms with E-state index in [0.29, 0.717) is 23.2 Å². The van der Waals surface area contributed by atoms with Crippen molar-refractivity contribution in [2.24, 2.45) is 0 Å². The summed E-state index contributed by atoms with van der Waals surface area (Å²) < 4.78 is 12.7. The van der Waals surface area contributed by atoms with Crippen LogP contribution in [0, 0.1) is 0 Å². The van der Waals surface area contributed by atoms with Gasteiger partial charge < -0.3 is 14.8 Å². The molecule has 142 valence electrons. The molecule has 0 saturated heterocycles. The lowest BCUT2D eigenvalue weighted by Gasteiger charge is -2.26. The summed E-state index contributed by atoms with van der Waals surface area (Å²) >= 11 is 0. The molecule has 1 N–H and O–H groups in total. The topological polar surface area (TPSA) is 94.8 Å². The van der Waals surface area contributed by atoms with E-state index in [-0.39, 0.29) is 12.2 Å². The van der Waals surface area contributed by atoms with E-state index in [0.717, 1.165) is 0 Å². The molecule has 0 fully saturated rings. The number of fused-ring (bicyclic) bond motifs is 1. The number of nitrogens with zero attached hydrogens (tertiary/aromatic N) is 3. The summed E-state index contributed by atoms with van der Waals surface area (Å²) in [6, 6.07) is 1.10. The van der Waals surface area contributed by atoms with Crippen LogP contribution in [-0.4, -0.2) is 44.8 Å². The molecule has 0 spiro atoms. The van der Waals surface area contributed by atoms with Crippen molar-refractivity contribution in [1.82, 2.24) is 19.9 Å². The number of aldehydes is 1. The quantitative estimate of drug-likeness (QED) is 0.822. The van der Waals surface area contributed by atoms with Gasteiger partial charge in [0.1, 0.15) is 5.60 Å². The highest BCUT2D eigenvalue weighted by molar-refractivity contribution is 5.76. The first kappa shape index (κ1) is 19.8. The molecule has 2 heterocycles. The number of ether oxygens (including phenoxy) is 2. The van der Waals surface area contributed by atoms with Gasteiger partial charge in [0, 0.05) is 5.56 Å². The molecule has 0 aliphatic carbocycles. The lowest BCUT2D eigenvalue weighted by atomic mass is 10.2. The smallest absolute Gasteiger partial charge is 0.408 e. The van der Waals surface area contributed by atoms with E-state index in [1.807, 2.05) is 20.8 Å². The Balaban J connectivity index is 2.27. The zero-order valence-electron chi connectivity index (χ0n) is 16.1. The molecular weight excluding hydrogens is 336 g/mol. The van der Waals surface area contributed by atoms with Gasteiger partial charge in [0.25, 0.3) is 0 Å². The Kier molecular flexibility index (Phi) is 5.65. The molecule has 2 aromatic heterocycles. The van der Waals surface area contributed by atoms with Crippen LogP contribution >= 0.6 is 0 Å². The number of imidazole rings is 1. The van der Waals surface area contributed by atoms with Crippen LogP contribution in [-0.2, 0) is 9.47 Å². The average Bonchev–Trinajstić information content (AvgIpc) is 2.91. The number of carbonyl (C=O) groups excluding carboxylic acids is 2. The number of carbonyl (C=O) groups is 2. The van der Waals surface area contributed by atoms with Crippen LogP contribution in [0.5, 0.6) is 0 Å². The largest absolute Gasteiger partial charge is 0.444 e. The molecule has 0 radical (unpaired) electrons. The monoisotopic (exact) mass is 362 g/mol. The van der Waals surface area contributed by atoms with Gasteiger partial charge in [-0.1, -0.05) is 0 Å². The van der Waals surface area contributed by atoms with Crippen molar-refractivity contribution in [2.45, 2.75) is 58.8 Å². The maximum atomic E-state index is 12.2. The van der Waals surface area contributed by atoms with Gasteiger partial charge in [0.2, 0.25) is 0 Å². The third kappa shape index (κ3) is 5.80. The molecule has 0 aromatic carbocycles. The summed E-state index contributed by atoms with van der Waals surface area (Å²) in [6.07, 6.45) is 3.30. The third-order valence-corrected chi connectivity index (χ3v) is 3.23. The number of alkyl carbamates (subject to hydrolysis) is 1. The highest BCUT2D eigenvalue weighted by Gasteiger charge is 2.24. The van der Waals surface area contributed by atoms with Gasteiger partial charge in [-0.05, 0) is 47.6 Å². The van der Waals surface area contributed by atoms with Crippen LogP contribution in [0.15, 0.2) is 18.5 Å². The van der Waals surface area contributed by atoms with E-state index in [9.17, 15) is 9.59 Å². The zero-order valence-corrected chi connectivity index (χ0v) is 16.1. The number of rotatable bonds is 5. The number of aromatic nitrogens is 3. The Hall–Kier alpha value is -2.48. The number of nitrogens with one attached hydrogen (secondary N) is 1. The normalized spacial score (nSPS) is 13.5. The minimum atomic E-state index is -0.612. The minimum Gasteiger partial charge on any atom is -0.444 e. The predicted octanol–water partition coefficient (Wildman–Crippen LogP) is 2.92. The average molecular weight is 362 g/mol. The summed E-state index contributed by atoms with van der Waals surface area (Å²) in [5.41, 5.74) is 0.513. The lowest BCUT2D eigenvalue weighted by Crippen LogP contribution is -2.38. The SMILES string of the molecule is CC(C)(C)OC[C@H](NC(=O)OC(C)(C)C)c1cn2ncc(C=O)cc2n1. The molecular formula is C18H26N4O4. The second-order valence-electron chi connectivity index (χ2n) is 8.00. The second kappa shape index (κ2) is 7.41. The molecule has 8 heteroatoms. The van der Waals surface area contributed by atoms with Gasteiger partial charge in [-0.25, -0.2) is 14.3 Å². The molecule has 2 rings (SSSR count). The van der Waals surface area contributed by atoms with Crippen LogP contribution in [0.3, 0.4) is 0 Å². The van der Waals surface area contributed by atoms with Crippen molar-refractivity contribution < 1.29 is 19.1 Å². The fraction of sp³-hybridized carbons (Fsp3) is 0.556. The van der Waals surface area contributed by atoms with E-state index in [1.54, 1.807) is 37.5 Å². The number of hydrogen-bond acceptors (Lipinski definition) is 6. The van der Waals surface area contributed by atoms with Crippen LogP contribution in [0.2, 0.25) is 0 Å². The predicted molar refractivity (Wildman–Crippen MR) is 96.2 cm³/mol. The van der Waals surface area contributed by atoms with Crippen LogP contribution in [0.1, 0.15) is 63.6 Å². The summed E-state index contributed by atoms with van der Waals surface area (Å²) in [5.74, 6) is 0. The fourth-order valence-electron chi connectivity index (χ4n) is 2.13. The minimum absolute atomic E-state index is 0.215. The first-order valence-corrected chi connectivity index (χ1v) is 8.41. The van der Waals surface area contributed by atoms with E-state index < -0.39 is 17.7 Å². The van der Waals surface area contributed by atoms with Crippen LogP contribution in [0.25, 0.3) is 5.65 Å². The Morgan fingerprint density at radius 1 is 1.27 bits per heavy atom. The number of hydrogen-bond donors (Lipinski definition) is 1. The molecule has 2 aromatic rings. The number of amides is 1. The van der Waals surface area contributed by atoms with E-state index in [2.05, 4.69) is 15.4 Å². The van der Waals surface area contributed by atoms with Crippen molar-refractivity contribution in [3.63, 3.8) is 0 Å². The molecule has 0 aliphatic rings. The Labute approximate surface area is 152 Å². The van der Waals surface area contributed by atoms with Crippen molar-refractivity contribution in [2.75, 3.05) is 6.61 Å². The highest BCUT2D eigenvalue weighted by atomic mass is 16.6. The summed E-state index contributed by atoms with van der Waals surface area (Å²) in [5, 5.41) is 6.93. The summed E-state index contributed by atoms with van der Waals surface area (Å²) in [7, 11) is 0. The van der Waals surface area contributed by atoms with Gasteiger partial charge >= 0.3 is 6.09 Å². The Morgan fingerprint density at radius 2 is 1.96 bits per heavy atom. The maximum Gasteiger partial charge on any atom is 0.408 e. The molecule has 0 aliphatic heterocycles. The molecule has 26 heavy (non-hydrogen) atoms. The van der Waals surface area contributed by atoms with Crippen LogP contribution in [0.4, 0.5) is 4.79 Å². The van der Waals surface area contributed by atoms with Gasteiger partial charge in [-0.15, -0.1) is 0 Å². The first-order valence-electron chi connectivity index (χ1n) is 8.41. The Bertz CT molecular complexity index is 787. The Morgan fingerprint density at radius 3 is 2.54 bits per heavy atom. The zero-order chi connectivity index (χ0) is 19.5. The summed E-state index contributed by atoms with van der Waals surface area (Å²) in [6.45, 7) is 11.4. The van der Waals surface area contributed by atoms with E-state index >= 15 is 0 Å². The van der Waals surface area contributed by atoms with Crippen molar-refractivity contribution in [1.29, 1.82) is 0 Å². The van der Waals surface area contributed by atoms with Crippen molar-refractivity contribution >= 4 is 18.0 Å². The maximum absolute atomic E-state index is 12.2. The standard InChI is InChI=1S/C18H26N4O4/c1-17(2,3)25-11-14(21-16(24)26-18(4,5)6)13-9-22-15(20-13)7-12(10-23)8-19-22/h7-10,14H,11H2,1-6H3,(H,21,24)/t14-/m0/s1. The molecule has 0 saturated carbocycles. The highest BCUT2D eigenvalue weighted by Crippen LogP contribution is 2.18. The van der Waals surface area contributed by atoms with Crippen molar-refractivity contribution in [3.8, 4) is 0 Å².